The highest BCUT2D eigenvalue weighted by Gasteiger charge is 2.30. The smallest absolute Gasteiger partial charge is 0.317 e. The maximum atomic E-state index is 13.3. The van der Waals surface area contributed by atoms with Crippen molar-refractivity contribution < 1.29 is 18.8 Å². The number of benzene rings is 2. The molecule has 0 aliphatic heterocycles. The molecule has 0 spiro atoms. The molecular weight excluding hydrogens is 506 g/mol. The van der Waals surface area contributed by atoms with Crippen LogP contribution < -0.4 is 4.74 Å². The van der Waals surface area contributed by atoms with Gasteiger partial charge in [-0.25, -0.2) is 0 Å². The molecule has 2 rings (SSSR count). The molecular formula is C37H60NO3+. The summed E-state index contributed by atoms with van der Waals surface area (Å²) < 4.78 is 13.2. The summed E-state index contributed by atoms with van der Waals surface area (Å²) >= 11 is 0. The molecule has 0 radical (unpaired) electrons. The fraction of sp³-hybridized carbons (Fsp3) is 0.649. The largest absolute Gasteiger partial charge is 0.455 e. The first-order chi connectivity index (χ1) is 19.9. The highest BCUT2D eigenvalue weighted by Crippen LogP contribution is 2.25. The Morgan fingerprint density at radius 3 is 1.93 bits per heavy atom. The van der Waals surface area contributed by atoms with Gasteiger partial charge in [-0.3, -0.25) is 4.79 Å². The van der Waals surface area contributed by atoms with Crippen LogP contribution in [0.1, 0.15) is 122 Å². The standard InChI is InChI=1S/C37H60NO3/c1-6-9-10-11-12-13-14-15-16-17-21-27-34-28-22-23-29-35(34)40-36(24-7-2)41-37(39)33(8-3)31-38(4,5)30-32-25-19-18-20-26-32/h18-20,22-23,25-26,28-29,33,36H,6-17,21,24,27,30-31H2,1-5H3/q+1. The molecule has 0 saturated heterocycles. The number of para-hydroxylation sites is 1. The molecule has 0 heterocycles. The molecule has 2 aromatic rings. The number of rotatable bonds is 23. The van der Waals surface area contributed by atoms with Crippen molar-refractivity contribution in [1.29, 1.82) is 0 Å². The number of quaternary nitrogens is 1. The van der Waals surface area contributed by atoms with E-state index in [-0.39, 0.29) is 11.9 Å². The number of esters is 1. The van der Waals surface area contributed by atoms with Gasteiger partial charge in [0.25, 0.3) is 0 Å². The van der Waals surface area contributed by atoms with Gasteiger partial charge in [-0.2, -0.15) is 0 Å². The number of hydrogen-bond donors (Lipinski definition) is 0. The molecule has 0 saturated carbocycles. The molecule has 0 fully saturated rings. The van der Waals surface area contributed by atoms with Crippen LogP contribution >= 0.6 is 0 Å². The van der Waals surface area contributed by atoms with Crippen LogP contribution in [0.15, 0.2) is 54.6 Å². The van der Waals surface area contributed by atoms with Gasteiger partial charge >= 0.3 is 5.97 Å². The minimum absolute atomic E-state index is 0.145. The minimum atomic E-state index is -0.551. The Labute approximate surface area is 252 Å². The predicted molar refractivity (Wildman–Crippen MR) is 173 cm³/mol. The maximum Gasteiger partial charge on any atom is 0.317 e. The van der Waals surface area contributed by atoms with E-state index in [1.807, 2.05) is 18.2 Å². The van der Waals surface area contributed by atoms with E-state index in [2.05, 4.69) is 71.3 Å². The van der Waals surface area contributed by atoms with Crippen molar-refractivity contribution in [3.05, 3.63) is 65.7 Å². The van der Waals surface area contributed by atoms with Gasteiger partial charge in [-0.05, 0) is 37.3 Å². The van der Waals surface area contributed by atoms with Crippen LogP contribution in [0.4, 0.5) is 0 Å². The number of aryl methyl sites for hydroxylation is 1. The van der Waals surface area contributed by atoms with Crippen LogP contribution in [0.3, 0.4) is 0 Å². The molecule has 0 aliphatic rings. The first-order valence-electron chi connectivity index (χ1n) is 16.7. The minimum Gasteiger partial charge on any atom is -0.455 e. The highest BCUT2D eigenvalue weighted by molar-refractivity contribution is 5.72. The van der Waals surface area contributed by atoms with Gasteiger partial charge in [-0.1, -0.05) is 134 Å². The number of nitrogens with zero attached hydrogens (tertiary/aromatic N) is 1. The van der Waals surface area contributed by atoms with E-state index in [9.17, 15) is 4.79 Å². The van der Waals surface area contributed by atoms with Crippen LogP contribution in [0, 0.1) is 5.92 Å². The highest BCUT2D eigenvalue weighted by atomic mass is 16.7. The summed E-state index contributed by atoms with van der Waals surface area (Å²) in [6, 6.07) is 18.8. The van der Waals surface area contributed by atoms with Crippen LogP contribution in [0.25, 0.3) is 0 Å². The number of carbonyl (C=O) groups excluding carboxylic acids is 1. The van der Waals surface area contributed by atoms with Crippen molar-refractivity contribution in [2.75, 3.05) is 20.6 Å². The number of unbranched alkanes of at least 4 members (excludes halogenated alkanes) is 10. The average molecular weight is 567 g/mol. The third-order valence-electron chi connectivity index (χ3n) is 8.05. The summed E-state index contributed by atoms with van der Waals surface area (Å²) in [6.45, 7) is 8.08. The van der Waals surface area contributed by atoms with Crippen molar-refractivity contribution in [3.8, 4) is 5.75 Å². The normalized spacial score (nSPS) is 13.1. The zero-order valence-corrected chi connectivity index (χ0v) is 27.0. The summed E-state index contributed by atoms with van der Waals surface area (Å²) in [5.74, 6) is 0.551. The second-order valence-electron chi connectivity index (χ2n) is 12.5. The Bertz CT molecular complexity index is 942. The molecule has 0 bridgehead atoms. The van der Waals surface area contributed by atoms with Gasteiger partial charge in [0.05, 0.1) is 20.6 Å². The van der Waals surface area contributed by atoms with Crippen LogP contribution in [0.5, 0.6) is 5.75 Å². The van der Waals surface area contributed by atoms with Gasteiger partial charge in [0.1, 0.15) is 18.2 Å². The molecule has 2 aromatic carbocycles. The lowest BCUT2D eigenvalue weighted by molar-refractivity contribution is -0.906. The zero-order chi connectivity index (χ0) is 29.8. The first kappa shape index (κ1) is 34.9. The van der Waals surface area contributed by atoms with Gasteiger partial charge in [0.2, 0.25) is 6.29 Å². The topological polar surface area (TPSA) is 35.5 Å². The monoisotopic (exact) mass is 566 g/mol. The molecule has 0 aromatic heterocycles. The number of carbonyl (C=O) groups is 1. The fourth-order valence-corrected chi connectivity index (χ4v) is 5.66. The van der Waals surface area contributed by atoms with E-state index in [0.29, 0.717) is 6.42 Å². The van der Waals surface area contributed by atoms with E-state index in [4.69, 9.17) is 9.47 Å². The molecule has 2 unspecified atom stereocenters. The van der Waals surface area contributed by atoms with Crippen molar-refractivity contribution in [1.82, 2.24) is 0 Å². The summed E-state index contributed by atoms with van der Waals surface area (Å²) in [4.78, 5) is 13.3. The third-order valence-corrected chi connectivity index (χ3v) is 8.05. The van der Waals surface area contributed by atoms with E-state index in [0.717, 1.165) is 42.6 Å². The molecule has 0 amide bonds. The Morgan fingerprint density at radius 1 is 0.732 bits per heavy atom. The summed E-state index contributed by atoms with van der Waals surface area (Å²) in [7, 11) is 4.38. The third kappa shape index (κ3) is 14.9. The van der Waals surface area contributed by atoms with E-state index in [1.165, 1.54) is 81.8 Å². The Hall–Kier alpha value is -2.33. The summed E-state index contributed by atoms with van der Waals surface area (Å²) in [5, 5.41) is 0. The first-order valence-corrected chi connectivity index (χ1v) is 16.7. The Balaban J connectivity index is 1.83. The van der Waals surface area contributed by atoms with Gasteiger partial charge in [0.15, 0.2) is 0 Å². The number of hydrogen-bond acceptors (Lipinski definition) is 3. The summed E-state index contributed by atoms with van der Waals surface area (Å²) in [6.07, 6.45) is 17.6. The lowest BCUT2D eigenvalue weighted by atomic mass is 10.0. The van der Waals surface area contributed by atoms with Crippen LogP contribution in [-0.4, -0.2) is 37.4 Å². The van der Waals surface area contributed by atoms with Crippen molar-refractivity contribution in [2.24, 2.45) is 5.92 Å². The average Bonchev–Trinajstić information content (AvgIpc) is 2.95. The maximum absolute atomic E-state index is 13.3. The molecule has 0 aliphatic carbocycles. The van der Waals surface area contributed by atoms with Gasteiger partial charge in [0, 0.05) is 12.0 Å². The van der Waals surface area contributed by atoms with Gasteiger partial charge < -0.3 is 14.0 Å². The summed E-state index contributed by atoms with van der Waals surface area (Å²) in [5.41, 5.74) is 2.50. The lowest BCUT2D eigenvalue weighted by Gasteiger charge is -2.33. The molecule has 4 heteroatoms. The molecule has 2 atom stereocenters. The van der Waals surface area contributed by atoms with Crippen molar-refractivity contribution in [2.45, 2.75) is 130 Å². The van der Waals surface area contributed by atoms with Crippen molar-refractivity contribution >= 4 is 5.97 Å². The van der Waals surface area contributed by atoms with Crippen LogP contribution in [-0.2, 0) is 22.5 Å². The number of ether oxygens (including phenoxy) is 2. The Morgan fingerprint density at radius 2 is 1.32 bits per heavy atom. The lowest BCUT2D eigenvalue weighted by Crippen LogP contribution is -2.45. The molecule has 0 N–H and O–H groups in total. The predicted octanol–water partition coefficient (Wildman–Crippen LogP) is 9.89. The Kier molecular flexibility index (Phi) is 17.5. The van der Waals surface area contributed by atoms with Gasteiger partial charge in [-0.15, -0.1) is 0 Å². The molecule has 230 valence electrons. The van der Waals surface area contributed by atoms with Crippen LogP contribution in [0.2, 0.25) is 0 Å². The fourth-order valence-electron chi connectivity index (χ4n) is 5.66. The van der Waals surface area contributed by atoms with E-state index < -0.39 is 6.29 Å². The second-order valence-corrected chi connectivity index (χ2v) is 12.5. The SMILES string of the molecule is CCCCCCCCCCCCCc1ccccc1OC(CCC)OC(=O)C(CC)C[N+](C)(C)Cc1ccccc1. The molecule has 41 heavy (non-hydrogen) atoms. The van der Waals surface area contributed by atoms with Crippen molar-refractivity contribution in [3.63, 3.8) is 0 Å². The second kappa shape index (κ2) is 20.5. The van der Waals surface area contributed by atoms with E-state index in [1.54, 1.807) is 0 Å². The zero-order valence-electron chi connectivity index (χ0n) is 27.0. The molecule has 4 nitrogen and oxygen atoms in total. The quantitative estimate of drug-likeness (QED) is 0.0581. The van der Waals surface area contributed by atoms with E-state index >= 15 is 0 Å².